The van der Waals surface area contributed by atoms with E-state index in [4.69, 9.17) is 4.98 Å². The van der Waals surface area contributed by atoms with Crippen molar-refractivity contribution < 1.29 is 0 Å². The second kappa shape index (κ2) is 4.88. The molecule has 0 bridgehead atoms. The van der Waals surface area contributed by atoms with Crippen LogP contribution in [0.15, 0.2) is 42.5 Å². The Morgan fingerprint density at radius 3 is 2.58 bits per heavy atom. The molecule has 0 fully saturated rings. The first-order valence-electron chi connectivity index (χ1n) is 6.72. The third-order valence-corrected chi connectivity index (χ3v) is 3.46. The van der Waals surface area contributed by atoms with Crippen LogP contribution >= 0.6 is 0 Å². The number of H-pyrrole nitrogens is 1. The van der Waals surface area contributed by atoms with E-state index in [9.17, 15) is 0 Å². The van der Waals surface area contributed by atoms with Crippen molar-refractivity contribution in [3.8, 4) is 0 Å². The van der Waals surface area contributed by atoms with Crippen molar-refractivity contribution in [2.75, 3.05) is 0 Å². The van der Waals surface area contributed by atoms with Crippen LogP contribution in [0.1, 0.15) is 22.5 Å². The fourth-order valence-electron chi connectivity index (χ4n) is 2.55. The molecule has 0 saturated carbocycles. The van der Waals surface area contributed by atoms with Gasteiger partial charge in [-0.05, 0) is 43.0 Å². The Kier molecular flexibility index (Phi) is 3.08. The van der Waals surface area contributed by atoms with Gasteiger partial charge in [0.1, 0.15) is 5.82 Å². The fraction of sp³-hybridized carbons (Fsp3) is 0.235. The molecule has 96 valence electrons. The zero-order chi connectivity index (χ0) is 13.2. The van der Waals surface area contributed by atoms with Crippen molar-refractivity contribution in [3.63, 3.8) is 0 Å². The molecule has 1 heterocycles. The third kappa shape index (κ3) is 2.53. The van der Waals surface area contributed by atoms with Crippen LogP contribution in [0.3, 0.4) is 0 Å². The number of rotatable bonds is 3. The fourth-order valence-corrected chi connectivity index (χ4v) is 2.55. The smallest absolute Gasteiger partial charge is 0.107 e. The highest BCUT2D eigenvalue weighted by molar-refractivity contribution is 5.79. The van der Waals surface area contributed by atoms with E-state index in [2.05, 4.69) is 61.3 Å². The molecule has 1 aromatic heterocycles. The second-order valence-corrected chi connectivity index (χ2v) is 5.15. The maximum atomic E-state index is 4.71. The molecule has 0 aliphatic rings. The Morgan fingerprint density at radius 1 is 1.00 bits per heavy atom. The van der Waals surface area contributed by atoms with Crippen molar-refractivity contribution in [1.29, 1.82) is 0 Å². The summed E-state index contributed by atoms with van der Waals surface area (Å²) in [5, 5.41) is 0. The van der Waals surface area contributed by atoms with Crippen molar-refractivity contribution in [2.45, 2.75) is 26.7 Å². The summed E-state index contributed by atoms with van der Waals surface area (Å²) in [4.78, 5) is 8.15. The van der Waals surface area contributed by atoms with Gasteiger partial charge < -0.3 is 4.98 Å². The van der Waals surface area contributed by atoms with Gasteiger partial charge in [0.25, 0.3) is 0 Å². The Balaban J connectivity index is 1.84. The van der Waals surface area contributed by atoms with Gasteiger partial charge in [-0.1, -0.05) is 36.4 Å². The van der Waals surface area contributed by atoms with Crippen LogP contribution in [0.4, 0.5) is 0 Å². The summed E-state index contributed by atoms with van der Waals surface area (Å²) in [6.45, 7) is 4.24. The van der Waals surface area contributed by atoms with Crippen molar-refractivity contribution in [3.05, 3.63) is 65.0 Å². The van der Waals surface area contributed by atoms with Gasteiger partial charge in [-0.3, -0.25) is 0 Å². The van der Waals surface area contributed by atoms with Crippen molar-refractivity contribution in [1.82, 2.24) is 9.97 Å². The molecule has 1 N–H and O–H groups in total. The predicted molar refractivity (Wildman–Crippen MR) is 79.4 cm³/mol. The molecule has 0 unspecified atom stereocenters. The lowest BCUT2D eigenvalue weighted by Gasteiger charge is -1.97. The lowest BCUT2D eigenvalue weighted by atomic mass is 10.1. The van der Waals surface area contributed by atoms with E-state index >= 15 is 0 Å². The summed E-state index contributed by atoms with van der Waals surface area (Å²) >= 11 is 0. The summed E-state index contributed by atoms with van der Waals surface area (Å²) in [5.74, 6) is 1.08. The Hall–Kier alpha value is -2.09. The van der Waals surface area contributed by atoms with Gasteiger partial charge in [0.2, 0.25) is 0 Å². The lowest BCUT2D eigenvalue weighted by molar-refractivity contribution is 0.890. The van der Waals surface area contributed by atoms with Crippen LogP contribution in [0.2, 0.25) is 0 Å². The number of nitrogens with zero attached hydrogens (tertiary/aromatic N) is 1. The van der Waals surface area contributed by atoms with Gasteiger partial charge in [-0.2, -0.15) is 0 Å². The summed E-state index contributed by atoms with van der Waals surface area (Å²) in [5.41, 5.74) is 6.14. The maximum absolute atomic E-state index is 4.71. The predicted octanol–water partition coefficient (Wildman–Crippen LogP) is 3.96. The highest BCUT2D eigenvalue weighted by Gasteiger charge is 2.06. The summed E-state index contributed by atoms with van der Waals surface area (Å²) in [7, 11) is 0. The quantitative estimate of drug-likeness (QED) is 0.748. The number of aryl methyl sites for hydroxylation is 4. The van der Waals surface area contributed by atoms with Gasteiger partial charge in [-0.25, -0.2) is 4.98 Å². The topological polar surface area (TPSA) is 28.7 Å². The molecule has 0 saturated heterocycles. The van der Waals surface area contributed by atoms with Gasteiger partial charge in [-0.15, -0.1) is 0 Å². The second-order valence-electron chi connectivity index (χ2n) is 5.15. The molecule has 3 rings (SSSR count). The average molecular weight is 250 g/mol. The van der Waals surface area contributed by atoms with E-state index in [1.165, 1.54) is 16.7 Å². The molecule has 2 heteroatoms. The normalized spacial score (nSPS) is 11.1. The van der Waals surface area contributed by atoms with Gasteiger partial charge >= 0.3 is 0 Å². The number of fused-ring (bicyclic) bond motifs is 1. The molecular formula is C17H18N2. The SMILES string of the molecule is Cc1cc(C)c2nc(CCc3ccccc3)[nH]c2c1. The van der Waals surface area contributed by atoms with E-state index in [0.29, 0.717) is 0 Å². The average Bonchev–Trinajstić information content (AvgIpc) is 2.81. The number of nitrogens with one attached hydrogen (secondary N) is 1. The molecule has 0 amide bonds. The van der Waals surface area contributed by atoms with E-state index in [1.54, 1.807) is 0 Å². The highest BCUT2D eigenvalue weighted by atomic mass is 14.9. The molecular weight excluding hydrogens is 232 g/mol. The number of imidazole rings is 1. The number of hydrogen-bond acceptors (Lipinski definition) is 1. The van der Waals surface area contributed by atoms with Crippen LogP contribution < -0.4 is 0 Å². The minimum atomic E-state index is 0.956. The van der Waals surface area contributed by atoms with Gasteiger partial charge in [0.15, 0.2) is 0 Å². The molecule has 0 radical (unpaired) electrons. The number of hydrogen-bond donors (Lipinski definition) is 1. The first-order valence-corrected chi connectivity index (χ1v) is 6.72. The Morgan fingerprint density at radius 2 is 1.79 bits per heavy atom. The van der Waals surface area contributed by atoms with Crippen molar-refractivity contribution in [2.24, 2.45) is 0 Å². The summed E-state index contributed by atoms with van der Waals surface area (Å²) < 4.78 is 0. The third-order valence-electron chi connectivity index (χ3n) is 3.46. The van der Waals surface area contributed by atoms with Gasteiger partial charge in [0.05, 0.1) is 11.0 Å². The van der Waals surface area contributed by atoms with E-state index in [1.807, 2.05) is 0 Å². The highest BCUT2D eigenvalue weighted by Crippen LogP contribution is 2.19. The van der Waals surface area contributed by atoms with Crippen LogP contribution in [0.5, 0.6) is 0 Å². The molecule has 0 aliphatic heterocycles. The van der Waals surface area contributed by atoms with E-state index in [-0.39, 0.29) is 0 Å². The van der Waals surface area contributed by atoms with E-state index in [0.717, 1.165) is 29.7 Å². The molecule has 2 aromatic carbocycles. The molecule has 3 aromatic rings. The Labute approximate surface area is 113 Å². The summed E-state index contributed by atoms with van der Waals surface area (Å²) in [6.07, 6.45) is 1.98. The zero-order valence-electron chi connectivity index (χ0n) is 11.4. The van der Waals surface area contributed by atoms with Crippen molar-refractivity contribution >= 4 is 11.0 Å². The largest absolute Gasteiger partial charge is 0.342 e. The lowest BCUT2D eigenvalue weighted by Crippen LogP contribution is -1.92. The van der Waals surface area contributed by atoms with Gasteiger partial charge in [0, 0.05) is 6.42 Å². The van der Waals surface area contributed by atoms with Crippen LogP contribution in [0.25, 0.3) is 11.0 Å². The first kappa shape index (κ1) is 12.0. The summed E-state index contributed by atoms with van der Waals surface area (Å²) in [6, 6.07) is 14.9. The molecule has 0 atom stereocenters. The number of aromatic amines is 1. The zero-order valence-corrected chi connectivity index (χ0v) is 11.4. The van der Waals surface area contributed by atoms with Crippen LogP contribution in [-0.4, -0.2) is 9.97 Å². The molecule has 0 spiro atoms. The molecule has 0 aliphatic carbocycles. The Bertz CT molecular complexity index is 696. The minimum Gasteiger partial charge on any atom is -0.342 e. The maximum Gasteiger partial charge on any atom is 0.107 e. The molecule has 19 heavy (non-hydrogen) atoms. The monoisotopic (exact) mass is 250 g/mol. The molecule has 2 nitrogen and oxygen atoms in total. The van der Waals surface area contributed by atoms with Crippen LogP contribution in [0, 0.1) is 13.8 Å². The minimum absolute atomic E-state index is 0.956. The standard InChI is InChI=1S/C17H18N2/c1-12-10-13(2)17-15(11-12)18-16(19-17)9-8-14-6-4-3-5-7-14/h3-7,10-11H,8-9H2,1-2H3,(H,18,19). The number of benzene rings is 2. The number of aromatic nitrogens is 2. The first-order chi connectivity index (χ1) is 9.22. The van der Waals surface area contributed by atoms with Crippen LogP contribution in [-0.2, 0) is 12.8 Å². The van der Waals surface area contributed by atoms with E-state index < -0.39 is 0 Å².